The van der Waals surface area contributed by atoms with Gasteiger partial charge in [-0.05, 0) is 19.8 Å². The second-order valence-electron chi connectivity index (χ2n) is 2.35. The zero-order valence-corrected chi connectivity index (χ0v) is 6.84. The number of rotatable bonds is 5. The standard InChI is InChI=1S/C10H17/c1-3-5-7-9-10-8-6-4-2/h3,5,7,9H,1,4,6,8,10H2,2H3/b5-3+,9-7+. The van der Waals surface area contributed by atoms with Crippen molar-refractivity contribution >= 4 is 0 Å². The minimum absolute atomic E-state index is 1.21. The second-order valence-corrected chi connectivity index (χ2v) is 2.35. The van der Waals surface area contributed by atoms with Gasteiger partial charge in [0.1, 0.15) is 0 Å². The van der Waals surface area contributed by atoms with E-state index in [0.29, 0.717) is 0 Å². The van der Waals surface area contributed by atoms with Crippen LogP contribution in [0.5, 0.6) is 0 Å². The molecule has 0 aliphatic heterocycles. The van der Waals surface area contributed by atoms with Crippen LogP contribution in [0.2, 0.25) is 0 Å². The lowest BCUT2D eigenvalue weighted by atomic mass is 10.2. The van der Waals surface area contributed by atoms with E-state index < -0.39 is 0 Å². The Kier molecular flexibility index (Phi) is 8.04. The first kappa shape index (κ1) is 9.48. The highest BCUT2D eigenvalue weighted by Gasteiger charge is 1.79. The monoisotopic (exact) mass is 137 g/mol. The van der Waals surface area contributed by atoms with Crippen LogP contribution in [0.1, 0.15) is 32.6 Å². The van der Waals surface area contributed by atoms with Crippen molar-refractivity contribution in [2.45, 2.75) is 32.6 Å². The fourth-order valence-corrected chi connectivity index (χ4v) is 0.766. The summed E-state index contributed by atoms with van der Waals surface area (Å²) in [6, 6.07) is 0. The summed E-state index contributed by atoms with van der Waals surface area (Å²) >= 11 is 0. The zero-order chi connectivity index (χ0) is 7.66. The maximum Gasteiger partial charge on any atom is -0.0313 e. The minimum atomic E-state index is 1.21. The molecule has 0 heteroatoms. The molecule has 0 saturated heterocycles. The van der Waals surface area contributed by atoms with Gasteiger partial charge in [0.25, 0.3) is 0 Å². The molecule has 0 aliphatic carbocycles. The molecule has 0 amide bonds. The Morgan fingerprint density at radius 3 is 2.60 bits per heavy atom. The van der Waals surface area contributed by atoms with Gasteiger partial charge in [0, 0.05) is 0 Å². The first-order chi connectivity index (χ1) is 4.91. The fraction of sp³-hybridized carbons (Fsp3) is 0.500. The molecular formula is C10H17. The van der Waals surface area contributed by atoms with Crippen molar-refractivity contribution in [2.75, 3.05) is 0 Å². The molecule has 10 heavy (non-hydrogen) atoms. The summed E-state index contributed by atoms with van der Waals surface area (Å²) in [6.45, 7) is 5.81. The predicted molar refractivity (Wildman–Crippen MR) is 47.8 cm³/mol. The zero-order valence-electron chi connectivity index (χ0n) is 6.84. The molecule has 0 aromatic carbocycles. The van der Waals surface area contributed by atoms with E-state index in [2.05, 4.69) is 26.0 Å². The summed E-state index contributed by atoms with van der Waals surface area (Å²) < 4.78 is 0. The molecule has 0 saturated carbocycles. The molecule has 0 rings (SSSR count). The molecule has 0 atom stereocenters. The topological polar surface area (TPSA) is 0 Å². The lowest BCUT2D eigenvalue weighted by Crippen LogP contribution is -1.69. The van der Waals surface area contributed by atoms with Crippen LogP contribution in [0.25, 0.3) is 0 Å². The molecule has 0 unspecified atom stereocenters. The predicted octanol–water partition coefficient (Wildman–Crippen LogP) is 3.51. The molecule has 1 radical (unpaired) electrons. The van der Waals surface area contributed by atoms with Crippen molar-refractivity contribution in [1.82, 2.24) is 0 Å². The molecule has 57 valence electrons. The van der Waals surface area contributed by atoms with Crippen molar-refractivity contribution in [2.24, 2.45) is 0 Å². The third-order valence-electron chi connectivity index (χ3n) is 1.36. The maximum atomic E-state index is 3.59. The largest absolute Gasteiger partial charge is 0.0845 e. The third-order valence-corrected chi connectivity index (χ3v) is 1.36. The van der Waals surface area contributed by atoms with E-state index in [1.54, 1.807) is 6.08 Å². The van der Waals surface area contributed by atoms with Crippen LogP contribution in [0.3, 0.4) is 0 Å². The van der Waals surface area contributed by atoms with E-state index in [4.69, 9.17) is 0 Å². The first-order valence-electron chi connectivity index (χ1n) is 4.02. The maximum absolute atomic E-state index is 3.59. The van der Waals surface area contributed by atoms with Crippen LogP contribution in [0.15, 0.2) is 24.3 Å². The van der Waals surface area contributed by atoms with E-state index in [1.165, 1.54) is 25.7 Å². The van der Waals surface area contributed by atoms with Crippen molar-refractivity contribution in [1.29, 1.82) is 0 Å². The third kappa shape index (κ3) is 7.48. The highest BCUT2D eigenvalue weighted by Crippen LogP contribution is 1.99. The van der Waals surface area contributed by atoms with Gasteiger partial charge in [-0.2, -0.15) is 0 Å². The molecule has 0 nitrogen and oxygen atoms in total. The Morgan fingerprint density at radius 1 is 1.20 bits per heavy atom. The van der Waals surface area contributed by atoms with E-state index in [1.807, 2.05) is 6.08 Å². The van der Waals surface area contributed by atoms with Gasteiger partial charge >= 0.3 is 0 Å². The van der Waals surface area contributed by atoms with Crippen LogP contribution >= 0.6 is 0 Å². The summed E-state index contributed by atoms with van der Waals surface area (Å²) in [7, 11) is 0. The summed E-state index contributed by atoms with van der Waals surface area (Å²) in [5, 5.41) is 0. The summed E-state index contributed by atoms with van der Waals surface area (Å²) in [6.07, 6.45) is 13.2. The van der Waals surface area contributed by atoms with Gasteiger partial charge < -0.3 is 0 Å². The van der Waals surface area contributed by atoms with Crippen molar-refractivity contribution in [3.8, 4) is 0 Å². The average Bonchev–Trinajstić information content (AvgIpc) is 1.97. The Balaban J connectivity index is 3.02. The van der Waals surface area contributed by atoms with E-state index in [-0.39, 0.29) is 0 Å². The fourth-order valence-electron chi connectivity index (χ4n) is 0.766. The summed E-state index contributed by atoms with van der Waals surface area (Å²) in [5.41, 5.74) is 0. The van der Waals surface area contributed by atoms with Gasteiger partial charge in [-0.1, -0.05) is 44.1 Å². The molecule has 0 N–H and O–H groups in total. The number of hydrogen-bond acceptors (Lipinski definition) is 0. The van der Waals surface area contributed by atoms with Crippen LogP contribution in [0, 0.1) is 6.92 Å². The first-order valence-corrected chi connectivity index (χ1v) is 4.02. The average molecular weight is 137 g/mol. The highest BCUT2D eigenvalue weighted by atomic mass is 13.9. The quantitative estimate of drug-likeness (QED) is 0.402. The summed E-state index contributed by atoms with van der Waals surface area (Å²) in [5.74, 6) is 0. The van der Waals surface area contributed by atoms with Crippen LogP contribution < -0.4 is 0 Å². The van der Waals surface area contributed by atoms with Gasteiger partial charge in [0.15, 0.2) is 0 Å². The van der Waals surface area contributed by atoms with Crippen LogP contribution in [-0.4, -0.2) is 0 Å². The van der Waals surface area contributed by atoms with Crippen molar-refractivity contribution in [3.63, 3.8) is 0 Å². The Hall–Kier alpha value is -0.520. The normalized spacial score (nSPS) is 11.8. The van der Waals surface area contributed by atoms with Gasteiger partial charge in [0.05, 0.1) is 0 Å². The molecular weight excluding hydrogens is 120 g/mol. The van der Waals surface area contributed by atoms with E-state index in [0.717, 1.165) is 0 Å². The van der Waals surface area contributed by atoms with E-state index >= 15 is 0 Å². The lowest BCUT2D eigenvalue weighted by Gasteiger charge is -1.89. The van der Waals surface area contributed by atoms with Gasteiger partial charge in [-0.25, -0.2) is 0 Å². The van der Waals surface area contributed by atoms with Gasteiger partial charge in [-0.3, -0.25) is 0 Å². The van der Waals surface area contributed by atoms with Crippen LogP contribution in [-0.2, 0) is 0 Å². The highest BCUT2D eigenvalue weighted by molar-refractivity contribution is 5.03. The lowest BCUT2D eigenvalue weighted by molar-refractivity contribution is 0.729. The molecule has 0 bridgehead atoms. The Labute approximate surface area is 64.6 Å². The Bertz CT molecular complexity index is 98.6. The van der Waals surface area contributed by atoms with E-state index in [9.17, 15) is 0 Å². The number of hydrogen-bond donors (Lipinski definition) is 0. The molecule has 0 spiro atoms. The molecule has 0 fully saturated rings. The number of unbranched alkanes of at least 4 members (excludes halogenated alkanes) is 3. The smallest absolute Gasteiger partial charge is 0.0313 e. The number of allylic oxidation sites excluding steroid dienone is 4. The molecule has 0 aliphatic rings. The van der Waals surface area contributed by atoms with Crippen molar-refractivity contribution < 1.29 is 0 Å². The Morgan fingerprint density at radius 2 is 2.00 bits per heavy atom. The minimum Gasteiger partial charge on any atom is -0.0845 e. The van der Waals surface area contributed by atoms with Gasteiger partial charge in [0.2, 0.25) is 0 Å². The molecule has 0 aromatic heterocycles. The van der Waals surface area contributed by atoms with Crippen LogP contribution in [0.4, 0.5) is 0 Å². The second kappa shape index (κ2) is 8.48. The molecule has 0 aromatic rings. The summed E-state index contributed by atoms with van der Waals surface area (Å²) in [4.78, 5) is 0. The van der Waals surface area contributed by atoms with Crippen molar-refractivity contribution in [3.05, 3.63) is 31.2 Å². The SMILES string of the molecule is [CH2]/C=C/C=C/CCCCC. The van der Waals surface area contributed by atoms with Gasteiger partial charge in [-0.15, -0.1) is 0 Å². The molecule has 0 heterocycles.